The number of halogens is 1. The molecule has 0 saturated carbocycles. The lowest BCUT2D eigenvalue weighted by Gasteiger charge is -2.26. The van der Waals surface area contributed by atoms with Crippen molar-refractivity contribution in [3.05, 3.63) is 28.7 Å². The zero-order valence-electron chi connectivity index (χ0n) is 10.6. The molecule has 0 atom stereocenters. The fraction of sp³-hybridized carbons (Fsp3) is 0.462. The first kappa shape index (κ1) is 14.1. The molecule has 1 aromatic rings. The molecule has 1 aliphatic heterocycles. The largest absolute Gasteiger partial charge is 0.492 e. The molecule has 2 rings (SSSR count). The molecule has 1 aromatic carbocycles. The Morgan fingerprint density at radius 1 is 1.32 bits per heavy atom. The molecule has 104 valence electrons. The molecule has 2 amide bonds. The van der Waals surface area contributed by atoms with Gasteiger partial charge in [-0.1, -0.05) is 15.9 Å². The molecule has 1 fully saturated rings. The third-order valence-electron chi connectivity index (χ3n) is 2.76. The van der Waals surface area contributed by atoms with Crippen LogP contribution in [-0.4, -0.2) is 50.4 Å². The van der Waals surface area contributed by atoms with Crippen molar-refractivity contribution in [2.45, 2.75) is 0 Å². The lowest BCUT2D eigenvalue weighted by atomic mass is 10.3. The van der Waals surface area contributed by atoms with Crippen molar-refractivity contribution >= 4 is 22.0 Å². The second-order valence-corrected chi connectivity index (χ2v) is 5.05. The molecule has 0 radical (unpaired) electrons. The number of amides is 2. The van der Waals surface area contributed by atoms with Crippen LogP contribution in [0.3, 0.4) is 0 Å². The predicted molar refractivity (Wildman–Crippen MR) is 75.4 cm³/mol. The Balaban J connectivity index is 1.63. The van der Waals surface area contributed by atoms with Crippen LogP contribution in [0.5, 0.6) is 5.75 Å². The molecule has 0 unspecified atom stereocenters. The average molecular weight is 329 g/mol. The Kier molecular flexibility index (Phi) is 5.47. The zero-order chi connectivity index (χ0) is 13.5. The maximum Gasteiger partial charge on any atom is 0.317 e. The van der Waals surface area contributed by atoms with Crippen LogP contribution in [0.25, 0.3) is 0 Å². The zero-order valence-corrected chi connectivity index (χ0v) is 12.2. The van der Waals surface area contributed by atoms with Gasteiger partial charge in [0.15, 0.2) is 0 Å². The monoisotopic (exact) mass is 328 g/mol. The average Bonchev–Trinajstić information content (AvgIpc) is 2.46. The first-order valence-electron chi connectivity index (χ1n) is 6.24. The van der Waals surface area contributed by atoms with Crippen LogP contribution in [-0.2, 0) is 4.74 Å². The van der Waals surface area contributed by atoms with Gasteiger partial charge in [-0.05, 0) is 24.3 Å². The highest BCUT2D eigenvalue weighted by molar-refractivity contribution is 9.10. The van der Waals surface area contributed by atoms with Crippen LogP contribution in [0.15, 0.2) is 28.7 Å². The molecule has 6 heteroatoms. The molecule has 0 aliphatic carbocycles. The number of benzene rings is 1. The minimum absolute atomic E-state index is 0.0530. The van der Waals surface area contributed by atoms with Gasteiger partial charge in [0.2, 0.25) is 0 Å². The number of hydrogen-bond donors (Lipinski definition) is 1. The predicted octanol–water partition coefficient (Wildman–Crippen LogP) is 1.87. The summed E-state index contributed by atoms with van der Waals surface area (Å²) in [5.74, 6) is 0.795. The van der Waals surface area contributed by atoms with E-state index in [0.717, 1.165) is 10.2 Å². The van der Waals surface area contributed by atoms with Gasteiger partial charge in [-0.15, -0.1) is 0 Å². The van der Waals surface area contributed by atoms with E-state index in [1.165, 1.54) is 0 Å². The Morgan fingerprint density at radius 3 is 2.68 bits per heavy atom. The first-order chi connectivity index (χ1) is 9.25. The topological polar surface area (TPSA) is 50.8 Å². The van der Waals surface area contributed by atoms with Crippen LogP contribution in [0.1, 0.15) is 0 Å². The fourth-order valence-electron chi connectivity index (χ4n) is 1.74. The maximum atomic E-state index is 11.8. The van der Waals surface area contributed by atoms with Gasteiger partial charge in [-0.2, -0.15) is 0 Å². The smallest absolute Gasteiger partial charge is 0.317 e. The van der Waals surface area contributed by atoms with E-state index >= 15 is 0 Å². The highest BCUT2D eigenvalue weighted by Gasteiger charge is 2.15. The lowest BCUT2D eigenvalue weighted by Crippen LogP contribution is -2.47. The van der Waals surface area contributed by atoms with Crippen LogP contribution < -0.4 is 10.1 Å². The second-order valence-electron chi connectivity index (χ2n) is 4.13. The van der Waals surface area contributed by atoms with Crippen molar-refractivity contribution in [3.8, 4) is 5.75 Å². The SMILES string of the molecule is O=C(NCCOc1ccc(Br)cc1)N1CCOCC1. The molecule has 0 aromatic heterocycles. The van der Waals surface area contributed by atoms with Gasteiger partial charge in [-0.25, -0.2) is 4.79 Å². The number of carbonyl (C=O) groups excluding carboxylic acids is 1. The highest BCUT2D eigenvalue weighted by Crippen LogP contribution is 2.15. The third-order valence-corrected chi connectivity index (χ3v) is 3.29. The Bertz CT molecular complexity index is 405. The van der Waals surface area contributed by atoms with Crippen LogP contribution >= 0.6 is 15.9 Å². The number of carbonyl (C=O) groups is 1. The van der Waals surface area contributed by atoms with E-state index in [0.29, 0.717) is 39.5 Å². The summed E-state index contributed by atoms with van der Waals surface area (Å²) >= 11 is 3.36. The lowest BCUT2D eigenvalue weighted by molar-refractivity contribution is 0.0530. The van der Waals surface area contributed by atoms with E-state index in [1.807, 2.05) is 24.3 Å². The van der Waals surface area contributed by atoms with Gasteiger partial charge in [0.05, 0.1) is 19.8 Å². The summed E-state index contributed by atoms with van der Waals surface area (Å²) in [5.41, 5.74) is 0. The number of morpholine rings is 1. The molecule has 0 spiro atoms. The quantitative estimate of drug-likeness (QED) is 0.858. The molecule has 1 saturated heterocycles. The molecule has 0 bridgehead atoms. The first-order valence-corrected chi connectivity index (χ1v) is 7.04. The van der Waals surface area contributed by atoms with Gasteiger partial charge in [0.1, 0.15) is 12.4 Å². The minimum Gasteiger partial charge on any atom is -0.492 e. The van der Waals surface area contributed by atoms with Gasteiger partial charge in [-0.3, -0.25) is 0 Å². The molecule has 1 aliphatic rings. The van der Waals surface area contributed by atoms with Crippen LogP contribution in [0.4, 0.5) is 4.79 Å². The molecule has 19 heavy (non-hydrogen) atoms. The van der Waals surface area contributed by atoms with E-state index in [4.69, 9.17) is 9.47 Å². The van der Waals surface area contributed by atoms with Crippen molar-refractivity contribution in [3.63, 3.8) is 0 Å². The van der Waals surface area contributed by atoms with Crippen molar-refractivity contribution in [1.82, 2.24) is 10.2 Å². The summed E-state index contributed by atoms with van der Waals surface area (Å²) in [7, 11) is 0. The molecule has 5 nitrogen and oxygen atoms in total. The van der Waals surface area contributed by atoms with E-state index < -0.39 is 0 Å². The molecular formula is C13H17BrN2O3. The molecule has 1 N–H and O–H groups in total. The number of urea groups is 1. The summed E-state index contributed by atoms with van der Waals surface area (Å²) in [4.78, 5) is 13.5. The fourth-order valence-corrected chi connectivity index (χ4v) is 2.00. The van der Waals surface area contributed by atoms with Gasteiger partial charge in [0, 0.05) is 17.6 Å². The van der Waals surface area contributed by atoms with E-state index in [-0.39, 0.29) is 6.03 Å². The molecule has 1 heterocycles. The number of ether oxygens (including phenoxy) is 2. The number of nitrogens with zero attached hydrogens (tertiary/aromatic N) is 1. The summed E-state index contributed by atoms with van der Waals surface area (Å²) in [6.07, 6.45) is 0. The summed E-state index contributed by atoms with van der Waals surface area (Å²) in [6, 6.07) is 7.55. The van der Waals surface area contributed by atoms with Crippen molar-refractivity contribution in [2.24, 2.45) is 0 Å². The molecular weight excluding hydrogens is 312 g/mol. The Labute approximate surface area is 121 Å². The van der Waals surface area contributed by atoms with Crippen molar-refractivity contribution in [1.29, 1.82) is 0 Å². The summed E-state index contributed by atoms with van der Waals surface area (Å²) < 4.78 is 11.7. The van der Waals surface area contributed by atoms with E-state index in [1.54, 1.807) is 4.90 Å². The van der Waals surface area contributed by atoms with E-state index in [2.05, 4.69) is 21.2 Å². The van der Waals surface area contributed by atoms with Crippen LogP contribution in [0.2, 0.25) is 0 Å². The Hall–Kier alpha value is -1.27. The normalized spacial score (nSPS) is 15.1. The summed E-state index contributed by atoms with van der Waals surface area (Å²) in [6.45, 7) is 3.48. The summed E-state index contributed by atoms with van der Waals surface area (Å²) in [5, 5.41) is 2.83. The number of hydrogen-bond acceptors (Lipinski definition) is 3. The van der Waals surface area contributed by atoms with E-state index in [9.17, 15) is 4.79 Å². The standard InChI is InChI=1S/C13H17BrN2O3/c14-11-1-3-12(4-2-11)19-8-5-15-13(17)16-6-9-18-10-7-16/h1-4H,5-10H2,(H,15,17). The number of nitrogens with one attached hydrogen (secondary N) is 1. The van der Waals surface area contributed by atoms with Gasteiger partial charge < -0.3 is 19.7 Å². The van der Waals surface area contributed by atoms with Crippen molar-refractivity contribution in [2.75, 3.05) is 39.5 Å². The van der Waals surface area contributed by atoms with Crippen molar-refractivity contribution < 1.29 is 14.3 Å². The van der Waals surface area contributed by atoms with Crippen LogP contribution in [0, 0.1) is 0 Å². The maximum absolute atomic E-state index is 11.8. The third kappa shape index (κ3) is 4.72. The Morgan fingerprint density at radius 2 is 2.00 bits per heavy atom. The van der Waals surface area contributed by atoms with Gasteiger partial charge >= 0.3 is 6.03 Å². The second kappa shape index (κ2) is 7.35. The highest BCUT2D eigenvalue weighted by atomic mass is 79.9. The minimum atomic E-state index is -0.0530. The number of rotatable bonds is 4. The van der Waals surface area contributed by atoms with Gasteiger partial charge in [0.25, 0.3) is 0 Å².